The number of halogens is 1. The lowest BCUT2D eigenvalue weighted by atomic mass is 9.75. The van der Waals surface area contributed by atoms with Crippen LogP contribution in [-0.2, 0) is 0 Å². The lowest BCUT2D eigenvalue weighted by Gasteiger charge is -2.33. The van der Waals surface area contributed by atoms with E-state index < -0.39 is 0 Å². The molecule has 1 saturated carbocycles. The van der Waals surface area contributed by atoms with E-state index in [1.807, 2.05) is 47.4 Å². The Kier molecular flexibility index (Phi) is 6.18. The SMILES string of the molecule is C[C@@H](NC(=O)c1ccc(-c2cscn2)cc1)[C@H]1CC[C@H](c2ccnc3ccc(F)cc32)CC1. The molecule has 0 unspecified atom stereocenters. The minimum absolute atomic E-state index is 0.0370. The molecule has 0 radical (unpaired) electrons. The summed E-state index contributed by atoms with van der Waals surface area (Å²) in [5.74, 6) is 0.575. The summed E-state index contributed by atoms with van der Waals surface area (Å²) < 4.78 is 13.8. The molecule has 1 fully saturated rings. The molecule has 2 aromatic heterocycles. The average Bonchev–Trinajstić information content (AvgIpc) is 3.39. The molecule has 1 atom stereocenters. The predicted molar refractivity (Wildman–Crippen MR) is 131 cm³/mol. The van der Waals surface area contributed by atoms with E-state index in [0.29, 0.717) is 17.4 Å². The maximum absolute atomic E-state index is 13.8. The average molecular weight is 460 g/mol. The molecule has 33 heavy (non-hydrogen) atoms. The maximum Gasteiger partial charge on any atom is 0.251 e. The topological polar surface area (TPSA) is 54.9 Å². The van der Waals surface area contributed by atoms with E-state index in [9.17, 15) is 9.18 Å². The van der Waals surface area contributed by atoms with Crippen molar-refractivity contribution in [1.82, 2.24) is 15.3 Å². The van der Waals surface area contributed by atoms with Gasteiger partial charge in [0.05, 0.1) is 16.7 Å². The Bertz CT molecular complexity index is 1250. The number of pyridine rings is 1. The van der Waals surface area contributed by atoms with Crippen molar-refractivity contribution < 1.29 is 9.18 Å². The van der Waals surface area contributed by atoms with Gasteiger partial charge in [-0.1, -0.05) is 12.1 Å². The fourth-order valence-corrected chi connectivity index (χ4v) is 5.54. The van der Waals surface area contributed by atoms with Gasteiger partial charge >= 0.3 is 0 Å². The number of hydrogen-bond donors (Lipinski definition) is 1. The quantitative estimate of drug-likeness (QED) is 0.366. The van der Waals surface area contributed by atoms with Gasteiger partial charge in [0.1, 0.15) is 5.82 Å². The number of rotatable bonds is 5. The third kappa shape index (κ3) is 4.67. The summed E-state index contributed by atoms with van der Waals surface area (Å²) in [5.41, 5.74) is 6.46. The van der Waals surface area contributed by atoms with Crippen molar-refractivity contribution in [2.45, 2.75) is 44.6 Å². The zero-order valence-electron chi connectivity index (χ0n) is 18.5. The van der Waals surface area contributed by atoms with Crippen LogP contribution < -0.4 is 5.32 Å². The van der Waals surface area contributed by atoms with Crippen molar-refractivity contribution in [3.05, 3.63) is 82.6 Å². The first-order valence-electron chi connectivity index (χ1n) is 11.4. The van der Waals surface area contributed by atoms with Gasteiger partial charge in [0, 0.05) is 34.1 Å². The van der Waals surface area contributed by atoms with Crippen molar-refractivity contribution in [2.24, 2.45) is 5.92 Å². The number of aromatic nitrogens is 2. The number of hydrogen-bond acceptors (Lipinski definition) is 4. The number of nitrogens with one attached hydrogen (secondary N) is 1. The summed E-state index contributed by atoms with van der Waals surface area (Å²) in [7, 11) is 0. The standard InChI is InChI=1S/C27H26FN3OS/c1-17(31-27(32)21-8-6-20(7-9-21)26-15-33-16-30-26)18-2-4-19(5-3-18)23-12-13-29-25-11-10-22(28)14-24(23)25/h6-19H,2-5H2,1H3,(H,31,32)/t17-,18-,19-/m1/s1. The van der Waals surface area contributed by atoms with Crippen LogP contribution in [0.25, 0.3) is 22.2 Å². The van der Waals surface area contributed by atoms with Gasteiger partial charge in [0.15, 0.2) is 0 Å². The van der Waals surface area contributed by atoms with E-state index in [1.165, 1.54) is 11.6 Å². The van der Waals surface area contributed by atoms with E-state index in [2.05, 4.69) is 22.2 Å². The van der Waals surface area contributed by atoms with Crippen LogP contribution in [0.5, 0.6) is 0 Å². The number of thiazole rings is 1. The van der Waals surface area contributed by atoms with E-state index in [0.717, 1.165) is 47.8 Å². The molecule has 168 valence electrons. The van der Waals surface area contributed by atoms with Crippen molar-refractivity contribution in [3.8, 4) is 11.3 Å². The predicted octanol–water partition coefficient (Wildman–Crippen LogP) is 6.59. The Labute approximate surface area is 196 Å². The van der Waals surface area contributed by atoms with Gasteiger partial charge in [-0.25, -0.2) is 9.37 Å². The Balaban J connectivity index is 1.20. The van der Waals surface area contributed by atoms with Crippen LogP contribution in [0.2, 0.25) is 0 Å². The third-order valence-corrected chi connectivity index (χ3v) is 7.48. The van der Waals surface area contributed by atoms with Gasteiger partial charge in [0.25, 0.3) is 5.91 Å². The van der Waals surface area contributed by atoms with Crippen molar-refractivity contribution >= 4 is 28.1 Å². The summed E-state index contributed by atoms with van der Waals surface area (Å²) in [6.45, 7) is 2.10. The Hall–Kier alpha value is -3.12. The third-order valence-electron chi connectivity index (χ3n) is 6.89. The summed E-state index contributed by atoms with van der Waals surface area (Å²) >= 11 is 1.56. The second-order valence-corrected chi connectivity index (χ2v) is 9.61. The molecule has 6 heteroatoms. The lowest BCUT2D eigenvalue weighted by molar-refractivity contribution is 0.0918. The fourth-order valence-electron chi connectivity index (χ4n) is 4.98. The highest BCUT2D eigenvalue weighted by Gasteiger charge is 2.28. The largest absolute Gasteiger partial charge is 0.349 e. The van der Waals surface area contributed by atoms with Gasteiger partial charge in [-0.05, 0) is 86.4 Å². The first-order valence-corrected chi connectivity index (χ1v) is 12.4. The maximum atomic E-state index is 13.8. The van der Waals surface area contributed by atoms with Crippen LogP contribution in [0.4, 0.5) is 4.39 Å². The number of fused-ring (bicyclic) bond motifs is 1. The molecule has 0 aliphatic heterocycles. The molecule has 0 bridgehead atoms. The monoisotopic (exact) mass is 459 g/mol. The van der Waals surface area contributed by atoms with Gasteiger partial charge < -0.3 is 5.32 Å². The van der Waals surface area contributed by atoms with Crippen molar-refractivity contribution in [1.29, 1.82) is 0 Å². The van der Waals surface area contributed by atoms with Crippen LogP contribution in [0.3, 0.4) is 0 Å². The smallest absolute Gasteiger partial charge is 0.251 e. The summed E-state index contributed by atoms with van der Waals surface area (Å²) in [6, 6.07) is 14.6. The van der Waals surface area contributed by atoms with E-state index in [1.54, 1.807) is 23.5 Å². The molecule has 5 rings (SSSR count). The summed E-state index contributed by atoms with van der Waals surface area (Å²) in [6.07, 6.45) is 5.96. The van der Waals surface area contributed by atoms with Crippen molar-refractivity contribution in [2.75, 3.05) is 0 Å². The summed E-state index contributed by atoms with van der Waals surface area (Å²) in [4.78, 5) is 21.5. The Morgan fingerprint density at radius 2 is 1.85 bits per heavy atom. The van der Waals surface area contributed by atoms with E-state index in [-0.39, 0.29) is 17.8 Å². The zero-order chi connectivity index (χ0) is 22.8. The second kappa shape index (κ2) is 9.40. The minimum atomic E-state index is -0.221. The normalized spacial score (nSPS) is 19.3. The number of benzene rings is 2. The molecule has 4 nitrogen and oxygen atoms in total. The summed E-state index contributed by atoms with van der Waals surface area (Å²) in [5, 5.41) is 6.12. The molecule has 1 amide bonds. The molecule has 4 aromatic rings. The second-order valence-electron chi connectivity index (χ2n) is 8.89. The zero-order valence-corrected chi connectivity index (χ0v) is 19.3. The minimum Gasteiger partial charge on any atom is -0.349 e. The van der Waals surface area contributed by atoms with Crippen LogP contribution in [0.1, 0.15) is 54.4 Å². The first-order chi connectivity index (χ1) is 16.1. The number of carbonyl (C=O) groups is 1. The Morgan fingerprint density at radius 1 is 1.06 bits per heavy atom. The molecule has 1 N–H and O–H groups in total. The molecule has 0 saturated heterocycles. The number of carbonyl (C=O) groups excluding carboxylic acids is 1. The van der Waals surface area contributed by atoms with Gasteiger partial charge in [-0.2, -0.15) is 0 Å². The molecule has 2 heterocycles. The first kappa shape index (κ1) is 21.7. The van der Waals surface area contributed by atoms with E-state index >= 15 is 0 Å². The van der Waals surface area contributed by atoms with Gasteiger partial charge in [-0.15, -0.1) is 11.3 Å². The molecule has 1 aliphatic rings. The van der Waals surface area contributed by atoms with Crippen LogP contribution >= 0.6 is 11.3 Å². The molecule has 2 aromatic carbocycles. The van der Waals surface area contributed by atoms with Gasteiger partial charge in [-0.3, -0.25) is 9.78 Å². The molecule has 1 aliphatic carbocycles. The number of nitrogens with zero attached hydrogens (tertiary/aromatic N) is 2. The molecular formula is C27H26FN3OS. The Morgan fingerprint density at radius 3 is 2.58 bits per heavy atom. The fraction of sp³-hybridized carbons (Fsp3) is 0.296. The van der Waals surface area contributed by atoms with Crippen LogP contribution in [0, 0.1) is 11.7 Å². The van der Waals surface area contributed by atoms with Crippen LogP contribution in [0.15, 0.2) is 65.6 Å². The molecule has 0 spiro atoms. The molecular weight excluding hydrogens is 433 g/mol. The van der Waals surface area contributed by atoms with E-state index in [4.69, 9.17) is 0 Å². The van der Waals surface area contributed by atoms with Crippen LogP contribution in [-0.4, -0.2) is 21.9 Å². The highest BCUT2D eigenvalue weighted by molar-refractivity contribution is 7.07. The number of amides is 1. The highest BCUT2D eigenvalue weighted by atomic mass is 32.1. The van der Waals surface area contributed by atoms with Gasteiger partial charge in [0.2, 0.25) is 0 Å². The van der Waals surface area contributed by atoms with Crippen molar-refractivity contribution in [3.63, 3.8) is 0 Å². The highest BCUT2D eigenvalue weighted by Crippen LogP contribution is 2.39. The lowest BCUT2D eigenvalue weighted by Crippen LogP contribution is -2.39.